The van der Waals surface area contributed by atoms with Gasteiger partial charge in [-0.15, -0.1) is 0 Å². The van der Waals surface area contributed by atoms with Crippen molar-refractivity contribution in [3.05, 3.63) is 24.3 Å². The quantitative estimate of drug-likeness (QED) is 0.812. The molecule has 23 heavy (non-hydrogen) atoms. The standard InChI is InChI=1S/C15H21NO5S2/c1-21-14-5-3-4-6-15(14)23(19,20)16-11-7-8-12(16)10-13(9-11)22(2,17)18/h3-6,11-13H,7-10H2,1-2H3. The Morgan fingerprint density at radius 3 is 2.13 bits per heavy atom. The molecule has 8 heteroatoms. The molecule has 1 aromatic rings. The first-order chi connectivity index (χ1) is 10.7. The molecule has 1 aromatic carbocycles. The number of para-hydroxylation sites is 1. The van der Waals surface area contributed by atoms with Gasteiger partial charge >= 0.3 is 0 Å². The molecular formula is C15H21NO5S2. The highest BCUT2D eigenvalue weighted by Crippen LogP contribution is 2.42. The lowest BCUT2D eigenvalue weighted by atomic mass is 10.1. The summed E-state index contributed by atoms with van der Waals surface area (Å²) < 4.78 is 56.6. The molecule has 0 aromatic heterocycles. The van der Waals surface area contributed by atoms with Crippen molar-refractivity contribution in [2.24, 2.45) is 0 Å². The molecule has 2 bridgehead atoms. The molecule has 0 saturated carbocycles. The van der Waals surface area contributed by atoms with Gasteiger partial charge in [-0.1, -0.05) is 12.1 Å². The van der Waals surface area contributed by atoms with Gasteiger partial charge in [0.15, 0.2) is 0 Å². The number of rotatable bonds is 4. The Hall–Kier alpha value is -1.12. The molecule has 2 aliphatic heterocycles. The van der Waals surface area contributed by atoms with Crippen LogP contribution in [0.3, 0.4) is 0 Å². The third kappa shape index (κ3) is 2.88. The number of hydrogen-bond donors (Lipinski definition) is 0. The first-order valence-electron chi connectivity index (χ1n) is 7.60. The van der Waals surface area contributed by atoms with E-state index in [1.54, 1.807) is 18.2 Å². The van der Waals surface area contributed by atoms with Crippen molar-refractivity contribution in [1.29, 1.82) is 0 Å². The molecule has 2 unspecified atom stereocenters. The van der Waals surface area contributed by atoms with Crippen LogP contribution in [0.1, 0.15) is 25.7 Å². The van der Waals surface area contributed by atoms with Crippen molar-refractivity contribution >= 4 is 19.9 Å². The summed E-state index contributed by atoms with van der Waals surface area (Å²) in [6, 6.07) is 6.06. The van der Waals surface area contributed by atoms with Gasteiger partial charge in [-0.05, 0) is 37.8 Å². The number of ether oxygens (including phenoxy) is 1. The summed E-state index contributed by atoms with van der Waals surface area (Å²) in [5.74, 6) is 0.317. The van der Waals surface area contributed by atoms with E-state index in [2.05, 4.69) is 0 Å². The van der Waals surface area contributed by atoms with Crippen LogP contribution in [0, 0.1) is 0 Å². The van der Waals surface area contributed by atoms with E-state index in [-0.39, 0.29) is 17.0 Å². The summed E-state index contributed by atoms with van der Waals surface area (Å²) in [6.45, 7) is 0. The Morgan fingerprint density at radius 1 is 1.04 bits per heavy atom. The molecule has 0 N–H and O–H groups in total. The zero-order chi connectivity index (χ0) is 16.8. The molecule has 3 rings (SSSR count). The van der Waals surface area contributed by atoms with Crippen LogP contribution in [0.15, 0.2) is 29.2 Å². The lowest BCUT2D eigenvalue weighted by Gasteiger charge is -2.37. The van der Waals surface area contributed by atoms with E-state index in [9.17, 15) is 16.8 Å². The Labute approximate surface area is 137 Å². The highest BCUT2D eigenvalue weighted by molar-refractivity contribution is 7.91. The second kappa shape index (κ2) is 5.75. The number of piperidine rings is 1. The second-order valence-corrected chi connectivity index (χ2v) is 10.4. The first-order valence-corrected chi connectivity index (χ1v) is 11.0. The zero-order valence-electron chi connectivity index (χ0n) is 13.2. The molecule has 2 saturated heterocycles. The van der Waals surface area contributed by atoms with Gasteiger partial charge in [-0.3, -0.25) is 0 Å². The minimum atomic E-state index is -3.70. The molecular weight excluding hydrogens is 338 g/mol. The van der Waals surface area contributed by atoms with Crippen LogP contribution in [-0.2, 0) is 19.9 Å². The SMILES string of the molecule is COc1ccccc1S(=O)(=O)N1C2CCC1CC(S(C)(=O)=O)C2. The van der Waals surface area contributed by atoms with Crippen molar-refractivity contribution in [3.8, 4) is 5.75 Å². The highest BCUT2D eigenvalue weighted by atomic mass is 32.2. The van der Waals surface area contributed by atoms with Crippen molar-refractivity contribution < 1.29 is 21.6 Å². The molecule has 2 atom stereocenters. The van der Waals surface area contributed by atoms with E-state index in [1.807, 2.05) is 0 Å². The molecule has 2 heterocycles. The Morgan fingerprint density at radius 2 is 1.61 bits per heavy atom. The fraction of sp³-hybridized carbons (Fsp3) is 0.600. The Bertz CT molecular complexity index is 789. The molecule has 128 valence electrons. The van der Waals surface area contributed by atoms with Crippen molar-refractivity contribution in [1.82, 2.24) is 4.31 Å². The summed E-state index contributed by atoms with van der Waals surface area (Å²) in [7, 11) is -5.40. The van der Waals surface area contributed by atoms with Crippen molar-refractivity contribution in [2.75, 3.05) is 13.4 Å². The monoisotopic (exact) mass is 359 g/mol. The van der Waals surface area contributed by atoms with Crippen LogP contribution in [-0.4, -0.2) is 51.8 Å². The van der Waals surface area contributed by atoms with Crippen molar-refractivity contribution in [2.45, 2.75) is 47.9 Å². The maximum Gasteiger partial charge on any atom is 0.247 e. The number of nitrogens with zero attached hydrogens (tertiary/aromatic N) is 1. The van der Waals surface area contributed by atoms with E-state index in [1.165, 1.54) is 23.7 Å². The lowest BCUT2D eigenvalue weighted by Crippen LogP contribution is -2.49. The number of hydrogen-bond acceptors (Lipinski definition) is 5. The van der Waals surface area contributed by atoms with Crippen LogP contribution < -0.4 is 4.74 Å². The number of sulfonamides is 1. The van der Waals surface area contributed by atoms with E-state index >= 15 is 0 Å². The third-order valence-electron chi connectivity index (χ3n) is 4.85. The van der Waals surface area contributed by atoms with Gasteiger partial charge in [0.1, 0.15) is 20.5 Å². The van der Waals surface area contributed by atoms with Gasteiger partial charge in [0.25, 0.3) is 0 Å². The Balaban J connectivity index is 1.97. The third-order valence-corrected chi connectivity index (χ3v) is 8.49. The summed E-state index contributed by atoms with van der Waals surface area (Å²) in [5, 5.41) is -0.441. The fourth-order valence-corrected chi connectivity index (χ4v) is 6.97. The summed E-state index contributed by atoms with van der Waals surface area (Å²) >= 11 is 0. The second-order valence-electron chi connectivity index (χ2n) is 6.29. The van der Waals surface area contributed by atoms with Gasteiger partial charge in [0, 0.05) is 18.3 Å². The predicted molar refractivity (Wildman–Crippen MR) is 86.7 cm³/mol. The van der Waals surface area contributed by atoms with Crippen LogP contribution in [0.4, 0.5) is 0 Å². The van der Waals surface area contributed by atoms with Gasteiger partial charge < -0.3 is 4.74 Å². The molecule has 0 aliphatic carbocycles. The topological polar surface area (TPSA) is 80.8 Å². The maximum atomic E-state index is 13.1. The van der Waals surface area contributed by atoms with Crippen LogP contribution in [0.5, 0.6) is 5.75 Å². The van der Waals surface area contributed by atoms with E-state index in [4.69, 9.17) is 4.74 Å². The number of methoxy groups -OCH3 is 1. The van der Waals surface area contributed by atoms with E-state index < -0.39 is 25.1 Å². The number of benzene rings is 1. The summed E-state index contributed by atoms with van der Waals surface area (Å²) in [4.78, 5) is 0.150. The Kier molecular flexibility index (Phi) is 4.18. The largest absolute Gasteiger partial charge is 0.495 e. The first kappa shape index (κ1) is 16.7. The highest BCUT2D eigenvalue weighted by Gasteiger charge is 2.49. The minimum absolute atomic E-state index is 0.150. The molecule has 6 nitrogen and oxygen atoms in total. The van der Waals surface area contributed by atoms with E-state index in [0.717, 1.165) is 0 Å². The zero-order valence-corrected chi connectivity index (χ0v) is 14.8. The van der Waals surface area contributed by atoms with Crippen LogP contribution in [0.2, 0.25) is 0 Å². The average Bonchev–Trinajstić information content (AvgIpc) is 2.77. The van der Waals surface area contributed by atoms with Gasteiger partial charge in [0.05, 0.1) is 12.4 Å². The summed E-state index contributed by atoms with van der Waals surface area (Å²) in [5.41, 5.74) is 0. The molecule has 0 spiro atoms. The average molecular weight is 359 g/mol. The van der Waals surface area contributed by atoms with Crippen molar-refractivity contribution in [3.63, 3.8) is 0 Å². The normalized spacial score (nSPS) is 28.7. The number of fused-ring (bicyclic) bond motifs is 2. The molecule has 2 aliphatic rings. The van der Waals surface area contributed by atoms with Gasteiger partial charge in [-0.25, -0.2) is 16.8 Å². The lowest BCUT2D eigenvalue weighted by molar-refractivity contribution is 0.248. The van der Waals surface area contributed by atoms with E-state index in [0.29, 0.717) is 31.4 Å². The number of sulfone groups is 1. The maximum absolute atomic E-state index is 13.1. The molecule has 0 amide bonds. The van der Waals surface area contributed by atoms with Crippen LogP contribution >= 0.6 is 0 Å². The fourth-order valence-electron chi connectivity index (χ4n) is 3.77. The smallest absolute Gasteiger partial charge is 0.247 e. The van der Waals surface area contributed by atoms with Gasteiger partial charge in [-0.2, -0.15) is 4.31 Å². The summed E-state index contributed by atoms with van der Waals surface area (Å²) in [6.07, 6.45) is 3.42. The predicted octanol–water partition coefficient (Wildman–Crippen LogP) is 1.42. The minimum Gasteiger partial charge on any atom is -0.495 e. The van der Waals surface area contributed by atoms with Gasteiger partial charge in [0.2, 0.25) is 10.0 Å². The molecule has 2 fully saturated rings. The molecule has 0 radical (unpaired) electrons. The van der Waals surface area contributed by atoms with Crippen LogP contribution in [0.25, 0.3) is 0 Å².